The average Bonchev–Trinajstić information content (AvgIpc) is 2.84. The SMILES string of the molecule is Cn1cccc1[C@H](O)CCNC(=O)c1c(F)cccc1Cl. The Morgan fingerprint density at radius 2 is 2.19 bits per heavy atom. The van der Waals surface area contributed by atoms with E-state index in [4.69, 9.17) is 11.6 Å². The maximum Gasteiger partial charge on any atom is 0.255 e. The van der Waals surface area contributed by atoms with E-state index in [9.17, 15) is 14.3 Å². The van der Waals surface area contributed by atoms with Crippen LogP contribution in [-0.2, 0) is 7.05 Å². The number of amides is 1. The number of nitrogens with zero attached hydrogens (tertiary/aromatic N) is 1. The van der Waals surface area contributed by atoms with Gasteiger partial charge in [0.05, 0.1) is 16.7 Å². The topological polar surface area (TPSA) is 54.3 Å². The molecule has 0 aliphatic heterocycles. The molecule has 2 rings (SSSR count). The summed E-state index contributed by atoms with van der Waals surface area (Å²) >= 11 is 5.81. The molecule has 0 spiro atoms. The first-order chi connectivity index (χ1) is 10.0. The maximum atomic E-state index is 13.6. The number of aliphatic hydroxyl groups excluding tert-OH is 1. The van der Waals surface area contributed by atoms with Crippen molar-refractivity contribution in [3.05, 3.63) is 58.6 Å². The second-order valence-corrected chi connectivity index (χ2v) is 5.11. The number of rotatable bonds is 5. The number of carbonyl (C=O) groups is 1. The summed E-state index contributed by atoms with van der Waals surface area (Å²) < 4.78 is 15.4. The summed E-state index contributed by atoms with van der Waals surface area (Å²) in [7, 11) is 1.83. The number of hydrogen-bond donors (Lipinski definition) is 2. The van der Waals surface area contributed by atoms with Crippen LogP contribution in [0.3, 0.4) is 0 Å². The van der Waals surface area contributed by atoms with Gasteiger partial charge in [-0.3, -0.25) is 4.79 Å². The molecule has 0 aliphatic carbocycles. The van der Waals surface area contributed by atoms with E-state index in [0.717, 1.165) is 5.69 Å². The number of aromatic nitrogens is 1. The van der Waals surface area contributed by atoms with Gasteiger partial charge in [-0.15, -0.1) is 0 Å². The van der Waals surface area contributed by atoms with E-state index < -0.39 is 17.8 Å². The molecule has 0 saturated heterocycles. The number of nitrogens with one attached hydrogen (secondary N) is 1. The normalized spacial score (nSPS) is 12.2. The van der Waals surface area contributed by atoms with Crippen LogP contribution < -0.4 is 5.32 Å². The van der Waals surface area contributed by atoms with Crippen LogP contribution in [-0.4, -0.2) is 22.1 Å². The fourth-order valence-electron chi connectivity index (χ4n) is 2.09. The third-order valence-corrected chi connectivity index (χ3v) is 3.53. The number of aryl methyl sites for hydroxylation is 1. The molecular weight excluding hydrogens is 295 g/mol. The van der Waals surface area contributed by atoms with Gasteiger partial charge in [-0.2, -0.15) is 0 Å². The van der Waals surface area contributed by atoms with Gasteiger partial charge in [0.1, 0.15) is 5.82 Å². The van der Waals surface area contributed by atoms with E-state index in [1.54, 1.807) is 10.6 Å². The van der Waals surface area contributed by atoms with Crippen LogP contribution in [0, 0.1) is 5.82 Å². The Morgan fingerprint density at radius 3 is 2.81 bits per heavy atom. The highest BCUT2D eigenvalue weighted by Crippen LogP contribution is 2.19. The molecule has 0 aliphatic rings. The molecule has 2 N–H and O–H groups in total. The first kappa shape index (κ1) is 15.5. The van der Waals surface area contributed by atoms with Crippen LogP contribution in [0.25, 0.3) is 0 Å². The average molecular weight is 311 g/mol. The molecular formula is C15H16ClFN2O2. The Balaban J connectivity index is 1.92. The smallest absolute Gasteiger partial charge is 0.255 e. The van der Waals surface area contributed by atoms with Crippen molar-refractivity contribution in [3.8, 4) is 0 Å². The molecule has 0 fully saturated rings. The van der Waals surface area contributed by atoms with E-state index in [1.807, 2.05) is 19.3 Å². The quantitative estimate of drug-likeness (QED) is 0.892. The zero-order valence-corrected chi connectivity index (χ0v) is 12.3. The Hall–Kier alpha value is -1.85. The Labute approximate surface area is 127 Å². The van der Waals surface area contributed by atoms with Crippen molar-refractivity contribution >= 4 is 17.5 Å². The van der Waals surface area contributed by atoms with Crippen molar-refractivity contribution in [3.63, 3.8) is 0 Å². The van der Waals surface area contributed by atoms with Gasteiger partial charge in [0, 0.05) is 25.5 Å². The van der Waals surface area contributed by atoms with Crippen LogP contribution in [0.5, 0.6) is 0 Å². The van der Waals surface area contributed by atoms with Gasteiger partial charge in [0.25, 0.3) is 5.91 Å². The zero-order valence-electron chi connectivity index (χ0n) is 11.5. The van der Waals surface area contributed by atoms with E-state index >= 15 is 0 Å². The molecule has 0 bridgehead atoms. The highest BCUT2D eigenvalue weighted by molar-refractivity contribution is 6.33. The molecule has 1 aromatic heterocycles. The fraction of sp³-hybridized carbons (Fsp3) is 0.267. The summed E-state index contributed by atoms with van der Waals surface area (Å²) in [5, 5.41) is 12.6. The lowest BCUT2D eigenvalue weighted by atomic mass is 10.1. The van der Waals surface area contributed by atoms with Gasteiger partial charge in [-0.05, 0) is 30.7 Å². The van der Waals surface area contributed by atoms with E-state index in [1.165, 1.54) is 18.2 Å². The molecule has 0 saturated carbocycles. The first-order valence-corrected chi connectivity index (χ1v) is 6.90. The van der Waals surface area contributed by atoms with Crippen LogP contribution >= 0.6 is 11.6 Å². The van der Waals surface area contributed by atoms with Gasteiger partial charge in [0.15, 0.2) is 0 Å². The molecule has 21 heavy (non-hydrogen) atoms. The maximum absolute atomic E-state index is 13.6. The summed E-state index contributed by atoms with van der Waals surface area (Å²) in [6.07, 6.45) is 1.47. The van der Waals surface area contributed by atoms with Crippen LogP contribution in [0.2, 0.25) is 5.02 Å². The molecule has 1 amide bonds. The van der Waals surface area contributed by atoms with Crippen molar-refractivity contribution in [2.24, 2.45) is 7.05 Å². The minimum atomic E-state index is -0.693. The molecule has 112 valence electrons. The Bertz CT molecular complexity index is 622. The van der Waals surface area contributed by atoms with Crippen LogP contribution in [0.1, 0.15) is 28.6 Å². The molecule has 0 unspecified atom stereocenters. The molecule has 4 nitrogen and oxygen atoms in total. The highest BCUT2D eigenvalue weighted by Gasteiger charge is 2.16. The number of hydrogen-bond acceptors (Lipinski definition) is 2. The van der Waals surface area contributed by atoms with Crippen molar-refractivity contribution in [1.82, 2.24) is 9.88 Å². The van der Waals surface area contributed by atoms with E-state index in [0.29, 0.717) is 6.42 Å². The third kappa shape index (κ3) is 3.62. The monoisotopic (exact) mass is 310 g/mol. The number of benzene rings is 1. The van der Waals surface area contributed by atoms with Gasteiger partial charge in [-0.25, -0.2) is 4.39 Å². The lowest BCUT2D eigenvalue weighted by Crippen LogP contribution is -2.27. The number of aliphatic hydroxyl groups is 1. The second kappa shape index (κ2) is 6.74. The molecule has 1 aromatic carbocycles. The molecule has 0 radical (unpaired) electrons. The third-order valence-electron chi connectivity index (χ3n) is 3.22. The van der Waals surface area contributed by atoms with E-state index in [-0.39, 0.29) is 17.1 Å². The first-order valence-electron chi connectivity index (χ1n) is 6.52. The van der Waals surface area contributed by atoms with Gasteiger partial charge >= 0.3 is 0 Å². The molecule has 6 heteroatoms. The Morgan fingerprint density at radius 1 is 1.43 bits per heavy atom. The van der Waals surface area contributed by atoms with Crippen molar-refractivity contribution < 1.29 is 14.3 Å². The lowest BCUT2D eigenvalue weighted by molar-refractivity contribution is 0.0937. The largest absolute Gasteiger partial charge is 0.387 e. The number of halogens is 2. The fourth-order valence-corrected chi connectivity index (χ4v) is 2.34. The van der Waals surface area contributed by atoms with Crippen LogP contribution in [0.15, 0.2) is 36.5 Å². The molecule has 1 heterocycles. The standard InChI is InChI=1S/C15H16ClFN2O2/c1-19-9-3-6-12(19)13(20)7-8-18-15(21)14-10(16)4-2-5-11(14)17/h2-6,9,13,20H,7-8H2,1H3,(H,18,21)/t13-/m1/s1. The highest BCUT2D eigenvalue weighted by atomic mass is 35.5. The summed E-state index contributed by atoms with van der Waals surface area (Å²) in [6.45, 7) is 0.218. The predicted octanol–water partition coefficient (Wildman–Crippen LogP) is 2.67. The minimum Gasteiger partial charge on any atom is -0.387 e. The lowest BCUT2D eigenvalue weighted by Gasteiger charge is -2.13. The second-order valence-electron chi connectivity index (χ2n) is 4.70. The minimum absolute atomic E-state index is 0.0653. The number of carbonyl (C=O) groups excluding carboxylic acids is 1. The molecule has 1 atom stereocenters. The van der Waals surface area contributed by atoms with Crippen molar-refractivity contribution in [2.75, 3.05) is 6.54 Å². The van der Waals surface area contributed by atoms with Crippen molar-refractivity contribution in [1.29, 1.82) is 0 Å². The van der Waals surface area contributed by atoms with Gasteiger partial charge in [-0.1, -0.05) is 17.7 Å². The molecule has 2 aromatic rings. The summed E-state index contributed by atoms with van der Waals surface area (Å²) in [5.41, 5.74) is 0.584. The zero-order chi connectivity index (χ0) is 15.4. The summed E-state index contributed by atoms with van der Waals surface area (Å²) in [4.78, 5) is 11.9. The summed E-state index contributed by atoms with van der Waals surface area (Å²) in [6, 6.07) is 7.71. The van der Waals surface area contributed by atoms with Gasteiger partial charge in [0.2, 0.25) is 0 Å². The predicted molar refractivity (Wildman–Crippen MR) is 78.7 cm³/mol. The summed E-state index contributed by atoms with van der Waals surface area (Å²) in [5.74, 6) is -1.25. The van der Waals surface area contributed by atoms with E-state index in [2.05, 4.69) is 5.32 Å². The van der Waals surface area contributed by atoms with Crippen LogP contribution in [0.4, 0.5) is 4.39 Å². The van der Waals surface area contributed by atoms with Gasteiger partial charge < -0.3 is 15.0 Å². The van der Waals surface area contributed by atoms with Crippen molar-refractivity contribution in [2.45, 2.75) is 12.5 Å². The Kier molecular flexibility index (Phi) is 4.98.